The molecule has 1 N–H and O–H groups in total. The number of aryl methyl sites for hydroxylation is 2. The van der Waals surface area contributed by atoms with Crippen LogP contribution in [0.4, 0.5) is 0 Å². The van der Waals surface area contributed by atoms with Crippen molar-refractivity contribution in [3.63, 3.8) is 0 Å². The lowest BCUT2D eigenvalue weighted by Crippen LogP contribution is -2.26. The number of benzene rings is 2. The van der Waals surface area contributed by atoms with Crippen LogP contribution in [0.2, 0.25) is 0 Å². The average Bonchev–Trinajstić information content (AvgIpc) is 3.12. The van der Waals surface area contributed by atoms with E-state index in [2.05, 4.69) is 41.4 Å². The zero-order chi connectivity index (χ0) is 22.2. The molecule has 0 aliphatic rings. The molecule has 164 valence electrons. The Morgan fingerprint density at radius 1 is 1.03 bits per heavy atom. The monoisotopic (exact) mass is 421 g/mol. The third-order valence-corrected chi connectivity index (χ3v) is 5.53. The largest absolute Gasteiger partial charge is 0.489 e. The number of aromatic nitrogens is 1. The van der Waals surface area contributed by atoms with Crippen LogP contribution in [0.3, 0.4) is 0 Å². The van der Waals surface area contributed by atoms with Gasteiger partial charge in [0.1, 0.15) is 18.1 Å². The lowest BCUT2D eigenvalue weighted by molar-refractivity contribution is 0.0950. The van der Waals surface area contributed by atoms with Crippen LogP contribution in [-0.4, -0.2) is 29.1 Å². The van der Waals surface area contributed by atoms with Crippen LogP contribution in [0.15, 0.2) is 53.1 Å². The van der Waals surface area contributed by atoms with Gasteiger partial charge in [0.25, 0.3) is 5.91 Å². The molecule has 0 spiro atoms. The lowest BCUT2D eigenvalue weighted by Gasteiger charge is -2.20. The fraction of sp³-hybridized carbons (Fsp3) is 0.360. The molecule has 0 unspecified atom stereocenters. The highest BCUT2D eigenvalue weighted by Gasteiger charge is 2.11. The minimum Gasteiger partial charge on any atom is -0.489 e. The van der Waals surface area contributed by atoms with Crippen molar-refractivity contribution in [3.05, 3.63) is 82.2 Å². The molecule has 6 heteroatoms. The zero-order valence-corrected chi connectivity index (χ0v) is 18.8. The van der Waals surface area contributed by atoms with Crippen molar-refractivity contribution in [2.45, 2.75) is 47.4 Å². The van der Waals surface area contributed by atoms with E-state index in [0.717, 1.165) is 42.2 Å². The van der Waals surface area contributed by atoms with Crippen LogP contribution < -0.4 is 10.1 Å². The molecule has 0 aliphatic carbocycles. The summed E-state index contributed by atoms with van der Waals surface area (Å²) in [6.45, 7) is 11.9. The molecule has 3 aromatic rings. The first kappa shape index (κ1) is 22.6. The van der Waals surface area contributed by atoms with Gasteiger partial charge in [0.05, 0.1) is 11.3 Å². The summed E-state index contributed by atoms with van der Waals surface area (Å²) in [5.41, 5.74) is 4.77. The van der Waals surface area contributed by atoms with Gasteiger partial charge in [-0.15, -0.1) is 0 Å². The lowest BCUT2D eigenvalue weighted by atomic mass is 10.1. The van der Waals surface area contributed by atoms with Crippen LogP contribution in [0, 0.1) is 13.8 Å². The summed E-state index contributed by atoms with van der Waals surface area (Å²) in [6.07, 6.45) is 0. The normalized spacial score (nSPS) is 11.0. The summed E-state index contributed by atoms with van der Waals surface area (Å²) in [7, 11) is 0. The van der Waals surface area contributed by atoms with E-state index < -0.39 is 0 Å². The summed E-state index contributed by atoms with van der Waals surface area (Å²) in [4.78, 5) is 15.0. The summed E-state index contributed by atoms with van der Waals surface area (Å²) >= 11 is 0. The second-order valence-electron chi connectivity index (χ2n) is 7.53. The Morgan fingerprint density at radius 2 is 1.71 bits per heavy atom. The fourth-order valence-electron chi connectivity index (χ4n) is 3.42. The smallest absolute Gasteiger partial charge is 0.251 e. The third kappa shape index (κ3) is 5.95. The number of hydrogen-bond donors (Lipinski definition) is 1. The highest BCUT2D eigenvalue weighted by molar-refractivity contribution is 5.94. The van der Waals surface area contributed by atoms with Gasteiger partial charge in [-0.25, -0.2) is 0 Å². The zero-order valence-electron chi connectivity index (χ0n) is 18.8. The molecule has 0 radical (unpaired) electrons. The van der Waals surface area contributed by atoms with Crippen molar-refractivity contribution in [3.8, 4) is 5.75 Å². The van der Waals surface area contributed by atoms with E-state index in [1.807, 2.05) is 26.0 Å². The number of carbonyl (C=O) groups excluding carboxylic acids is 1. The van der Waals surface area contributed by atoms with Crippen molar-refractivity contribution < 1.29 is 14.1 Å². The fourth-order valence-corrected chi connectivity index (χ4v) is 3.42. The summed E-state index contributed by atoms with van der Waals surface area (Å²) < 4.78 is 11.0. The van der Waals surface area contributed by atoms with Crippen LogP contribution >= 0.6 is 0 Å². The Labute approximate surface area is 184 Å². The predicted octanol–water partition coefficient (Wildman–Crippen LogP) is 4.64. The van der Waals surface area contributed by atoms with E-state index in [-0.39, 0.29) is 5.91 Å². The van der Waals surface area contributed by atoms with Gasteiger partial charge < -0.3 is 14.6 Å². The molecular formula is C25H31N3O3. The van der Waals surface area contributed by atoms with E-state index >= 15 is 0 Å². The quantitative estimate of drug-likeness (QED) is 0.516. The Hall–Kier alpha value is -3.12. The Kier molecular flexibility index (Phi) is 7.84. The summed E-state index contributed by atoms with van der Waals surface area (Å²) in [5, 5.41) is 6.97. The van der Waals surface area contributed by atoms with Gasteiger partial charge >= 0.3 is 0 Å². The van der Waals surface area contributed by atoms with Crippen LogP contribution in [0.1, 0.15) is 52.3 Å². The molecule has 31 heavy (non-hydrogen) atoms. The first-order chi connectivity index (χ1) is 15.0. The number of ether oxygens (including phenoxy) is 1. The molecule has 1 heterocycles. The van der Waals surface area contributed by atoms with Gasteiger partial charge in [-0.1, -0.05) is 43.3 Å². The molecule has 1 aromatic heterocycles. The van der Waals surface area contributed by atoms with Crippen molar-refractivity contribution in [2.75, 3.05) is 13.1 Å². The number of nitrogens with one attached hydrogen (secondary N) is 1. The molecule has 0 saturated carbocycles. The van der Waals surface area contributed by atoms with E-state index in [1.54, 1.807) is 24.3 Å². The van der Waals surface area contributed by atoms with Crippen molar-refractivity contribution in [1.82, 2.24) is 15.4 Å². The maximum absolute atomic E-state index is 12.6. The molecule has 1 amide bonds. The molecule has 2 aromatic carbocycles. The number of carbonyl (C=O) groups is 1. The van der Waals surface area contributed by atoms with Gasteiger partial charge in [0, 0.05) is 18.7 Å². The van der Waals surface area contributed by atoms with Crippen LogP contribution in [0.25, 0.3) is 0 Å². The molecule has 0 fully saturated rings. The van der Waals surface area contributed by atoms with Gasteiger partial charge in [0.2, 0.25) is 0 Å². The molecular weight excluding hydrogens is 390 g/mol. The molecule has 0 aliphatic heterocycles. The predicted molar refractivity (Wildman–Crippen MR) is 121 cm³/mol. The van der Waals surface area contributed by atoms with E-state index in [9.17, 15) is 4.79 Å². The van der Waals surface area contributed by atoms with Gasteiger partial charge in [0.15, 0.2) is 0 Å². The first-order valence-corrected chi connectivity index (χ1v) is 10.7. The minimum absolute atomic E-state index is 0.102. The molecule has 0 bridgehead atoms. The third-order valence-electron chi connectivity index (χ3n) is 5.53. The highest BCUT2D eigenvalue weighted by atomic mass is 16.5. The maximum atomic E-state index is 12.6. The van der Waals surface area contributed by atoms with Gasteiger partial charge in [-0.3, -0.25) is 9.69 Å². The maximum Gasteiger partial charge on any atom is 0.251 e. The Balaban J connectivity index is 1.57. The van der Waals surface area contributed by atoms with Gasteiger partial charge in [-0.05, 0) is 62.3 Å². The highest BCUT2D eigenvalue weighted by Crippen LogP contribution is 2.18. The average molecular weight is 422 g/mol. The second-order valence-corrected chi connectivity index (χ2v) is 7.53. The number of nitrogens with zero attached hydrogens (tertiary/aromatic N) is 2. The molecule has 6 nitrogen and oxygen atoms in total. The van der Waals surface area contributed by atoms with Crippen molar-refractivity contribution in [2.24, 2.45) is 0 Å². The molecule has 3 rings (SSSR count). The number of amides is 1. The van der Waals surface area contributed by atoms with Crippen LogP contribution in [-0.2, 0) is 19.7 Å². The summed E-state index contributed by atoms with van der Waals surface area (Å²) in [5.74, 6) is 1.35. The van der Waals surface area contributed by atoms with E-state index in [1.165, 1.54) is 5.56 Å². The SMILES string of the molecule is CCN(CC)Cc1ccccc1CNC(=O)c1ccc(OCc2c(C)noc2C)cc1. The Morgan fingerprint density at radius 3 is 2.32 bits per heavy atom. The number of rotatable bonds is 10. The number of hydrogen-bond acceptors (Lipinski definition) is 5. The summed E-state index contributed by atoms with van der Waals surface area (Å²) in [6, 6.07) is 15.4. The molecule has 0 saturated heterocycles. The van der Waals surface area contributed by atoms with Crippen molar-refractivity contribution in [1.29, 1.82) is 0 Å². The topological polar surface area (TPSA) is 67.6 Å². The van der Waals surface area contributed by atoms with Gasteiger partial charge in [-0.2, -0.15) is 0 Å². The van der Waals surface area contributed by atoms with Crippen LogP contribution in [0.5, 0.6) is 5.75 Å². The minimum atomic E-state index is -0.102. The molecule has 0 atom stereocenters. The van der Waals surface area contributed by atoms with E-state index in [4.69, 9.17) is 9.26 Å². The first-order valence-electron chi connectivity index (χ1n) is 10.7. The Bertz CT molecular complexity index is 972. The van der Waals surface area contributed by atoms with Crippen molar-refractivity contribution >= 4 is 5.91 Å². The standard InChI is InChI=1S/C25H31N3O3/c1-5-28(6-2)16-22-10-8-7-9-21(22)15-26-25(29)20-11-13-23(14-12-20)30-17-24-18(3)27-31-19(24)4/h7-14H,5-6,15-17H2,1-4H3,(H,26,29). The second kappa shape index (κ2) is 10.8. The van der Waals surface area contributed by atoms with E-state index in [0.29, 0.717) is 24.5 Å².